The van der Waals surface area contributed by atoms with Crippen molar-refractivity contribution in [2.24, 2.45) is 4.99 Å². The summed E-state index contributed by atoms with van der Waals surface area (Å²) in [6, 6.07) is 6.31. The Balaban J connectivity index is 1.40. The third-order valence-electron chi connectivity index (χ3n) is 5.64. The molecule has 2 aromatic rings. The number of nitrogens with zero attached hydrogens (tertiary/aromatic N) is 5. The Morgan fingerprint density at radius 2 is 1.97 bits per heavy atom. The van der Waals surface area contributed by atoms with Crippen LogP contribution in [0.5, 0.6) is 11.5 Å². The SMILES string of the molecule is CCNC(=NCc1nnc2n1CCC2)NC1CCN(c2cc(OC)cc(OC)c2)C1. The van der Waals surface area contributed by atoms with Crippen LogP contribution >= 0.6 is 0 Å². The molecule has 2 aliphatic heterocycles. The van der Waals surface area contributed by atoms with Crippen LogP contribution in [0.1, 0.15) is 31.4 Å². The van der Waals surface area contributed by atoms with Gasteiger partial charge in [-0.3, -0.25) is 0 Å². The van der Waals surface area contributed by atoms with Gasteiger partial charge in [-0.2, -0.15) is 0 Å². The minimum Gasteiger partial charge on any atom is -0.497 e. The van der Waals surface area contributed by atoms with Crippen LogP contribution in [0.3, 0.4) is 0 Å². The molecule has 1 aromatic carbocycles. The minimum atomic E-state index is 0.309. The Morgan fingerprint density at radius 1 is 1.17 bits per heavy atom. The van der Waals surface area contributed by atoms with Gasteiger partial charge in [-0.25, -0.2) is 4.99 Å². The largest absolute Gasteiger partial charge is 0.497 e. The van der Waals surface area contributed by atoms with Gasteiger partial charge in [0.15, 0.2) is 11.8 Å². The van der Waals surface area contributed by atoms with Gasteiger partial charge in [0.05, 0.1) is 14.2 Å². The Bertz CT molecular complexity index is 873. The number of aliphatic imine (C=N–C) groups is 1. The average Bonchev–Trinajstić information content (AvgIpc) is 3.49. The van der Waals surface area contributed by atoms with Crippen molar-refractivity contribution in [3.05, 3.63) is 29.8 Å². The monoisotopic (exact) mass is 413 g/mol. The second-order valence-corrected chi connectivity index (χ2v) is 7.63. The standard InChI is InChI=1S/C21H31N7O2/c1-4-22-21(23-13-20-26-25-19-6-5-8-28(19)20)24-15-7-9-27(14-15)16-10-17(29-2)12-18(11-16)30-3/h10-12,15H,4-9,13-14H2,1-3H3,(H2,22,23,24). The number of fused-ring (bicyclic) bond motifs is 1. The lowest BCUT2D eigenvalue weighted by Gasteiger charge is -2.21. The van der Waals surface area contributed by atoms with Gasteiger partial charge >= 0.3 is 0 Å². The lowest BCUT2D eigenvalue weighted by Crippen LogP contribution is -2.44. The predicted octanol–water partition coefficient (Wildman–Crippen LogP) is 1.58. The highest BCUT2D eigenvalue weighted by atomic mass is 16.5. The molecule has 0 spiro atoms. The molecule has 3 heterocycles. The normalized spacial score (nSPS) is 18.4. The average molecular weight is 414 g/mol. The van der Waals surface area contributed by atoms with E-state index in [0.29, 0.717) is 12.6 Å². The fraction of sp³-hybridized carbons (Fsp3) is 0.571. The molecular formula is C21H31N7O2. The number of anilines is 1. The first-order chi connectivity index (χ1) is 14.7. The van der Waals surface area contributed by atoms with Crippen LogP contribution in [0, 0.1) is 0 Å². The maximum atomic E-state index is 5.41. The number of aromatic nitrogens is 3. The molecule has 30 heavy (non-hydrogen) atoms. The van der Waals surface area contributed by atoms with Gasteiger partial charge in [-0.1, -0.05) is 0 Å². The molecule has 9 nitrogen and oxygen atoms in total. The fourth-order valence-corrected chi connectivity index (χ4v) is 4.08. The Hall–Kier alpha value is -2.97. The lowest BCUT2D eigenvalue weighted by atomic mass is 10.2. The van der Waals surface area contributed by atoms with Gasteiger partial charge in [-0.05, 0) is 19.8 Å². The molecule has 0 radical (unpaired) electrons. The summed E-state index contributed by atoms with van der Waals surface area (Å²) in [6.45, 7) is 6.28. The summed E-state index contributed by atoms with van der Waals surface area (Å²) in [7, 11) is 3.35. The van der Waals surface area contributed by atoms with Gasteiger partial charge in [0.1, 0.15) is 23.9 Å². The molecule has 1 unspecified atom stereocenters. The summed E-state index contributed by atoms with van der Waals surface area (Å²) in [6.07, 6.45) is 3.19. The highest BCUT2D eigenvalue weighted by Crippen LogP contribution is 2.30. The molecule has 2 aliphatic rings. The van der Waals surface area contributed by atoms with E-state index in [0.717, 1.165) is 80.2 Å². The topological polar surface area (TPSA) is 88.8 Å². The van der Waals surface area contributed by atoms with Crippen LogP contribution in [0.15, 0.2) is 23.2 Å². The quantitative estimate of drug-likeness (QED) is 0.526. The molecular weight excluding hydrogens is 382 g/mol. The zero-order valence-corrected chi connectivity index (χ0v) is 18.0. The van der Waals surface area contributed by atoms with Crippen LogP contribution in [-0.2, 0) is 19.5 Å². The minimum absolute atomic E-state index is 0.309. The van der Waals surface area contributed by atoms with Crippen molar-refractivity contribution in [1.82, 2.24) is 25.4 Å². The summed E-state index contributed by atoms with van der Waals surface area (Å²) in [5.41, 5.74) is 1.11. The molecule has 0 bridgehead atoms. The Labute approximate surface area is 177 Å². The maximum Gasteiger partial charge on any atom is 0.191 e. The van der Waals surface area contributed by atoms with Crippen LogP contribution in [-0.4, -0.2) is 60.6 Å². The number of rotatable bonds is 7. The van der Waals surface area contributed by atoms with Crippen LogP contribution in [0.2, 0.25) is 0 Å². The highest BCUT2D eigenvalue weighted by Gasteiger charge is 2.24. The number of nitrogens with one attached hydrogen (secondary N) is 2. The van der Waals surface area contributed by atoms with Crippen LogP contribution in [0.4, 0.5) is 5.69 Å². The van der Waals surface area contributed by atoms with Crippen molar-refractivity contribution in [1.29, 1.82) is 0 Å². The number of guanidine groups is 1. The van der Waals surface area contributed by atoms with Gasteiger partial charge in [0, 0.05) is 62.5 Å². The molecule has 1 atom stereocenters. The molecule has 0 amide bonds. The van der Waals surface area contributed by atoms with Crippen LogP contribution < -0.4 is 25.0 Å². The van der Waals surface area contributed by atoms with Gasteiger partial charge in [0.2, 0.25) is 0 Å². The predicted molar refractivity (Wildman–Crippen MR) is 116 cm³/mol. The van der Waals surface area contributed by atoms with E-state index in [9.17, 15) is 0 Å². The number of ether oxygens (including phenoxy) is 2. The summed E-state index contributed by atoms with van der Waals surface area (Å²) < 4.78 is 13.0. The first-order valence-electron chi connectivity index (χ1n) is 10.6. The first-order valence-corrected chi connectivity index (χ1v) is 10.6. The van der Waals surface area contributed by atoms with E-state index in [1.54, 1.807) is 14.2 Å². The molecule has 0 aliphatic carbocycles. The molecule has 162 valence electrons. The fourth-order valence-electron chi connectivity index (χ4n) is 4.08. The smallest absolute Gasteiger partial charge is 0.191 e. The zero-order valence-electron chi connectivity index (χ0n) is 18.0. The van der Waals surface area contributed by atoms with Crippen molar-refractivity contribution in [2.45, 2.75) is 45.3 Å². The Morgan fingerprint density at radius 3 is 2.70 bits per heavy atom. The second kappa shape index (κ2) is 9.23. The van der Waals surface area contributed by atoms with Crippen molar-refractivity contribution in [3.63, 3.8) is 0 Å². The molecule has 1 fully saturated rings. The highest BCUT2D eigenvalue weighted by molar-refractivity contribution is 5.80. The van der Waals surface area contributed by atoms with E-state index in [1.807, 2.05) is 6.07 Å². The van der Waals surface area contributed by atoms with Gasteiger partial charge < -0.3 is 29.6 Å². The van der Waals surface area contributed by atoms with Crippen molar-refractivity contribution < 1.29 is 9.47 Å². The number of benzene rings is 1. The summed E-state index contributed by atoms with van der Waals surface area (Å²) in [5, 5.41) is 15.5. The molecule has 4 rings (SSSR count). The molecule has 0 saturated carbocycles. The van der Waals surface area contributed by atoms with Crippen molar-refractivity contribution in [3.8, 4) is 11.5 Å². The first kappa shape index (κ1) is 20.3. The zero-order chi connectivity index (χ0) is 20.9. The van der Waals surface area contributed by atoms with E-state index in [2.05, 4.69) is 49.4 Å². The van der Waals surface area contributed by atoms with Crippen LogP contribution in [0.25, 0.3) is 0 Å². The number of hydrogen-bond acceptors (Lipinski definition) is 6. The Kier molecular flexibility index (Phi) is 6.25. The van der Waals surface area contributed by atoms with E-state index in [4.69, 9.17) is 14.5 Å². The van der Waals surface area contributed by atoms with E-state index < -0.39 is 0 Å². The second-order valence-electron chi connectivity index (χ2n) is 7.63. The third-order valence-corrected chi connectivity index (χ3v) is 5.64. The molecule has 2 N–H and O–H groups in total. The van der Waals surface area contributed by atoms with Crippen molar-refractivity contribution in [2.75, 3.05) is 38.8 Å². The molecule has 1 saturated heterocycles. The maximum absolute atomic E-state index is 5.41. The molecule has 1 aromatic heterocycles. The van der Waals surface area contributed by atoms with E-state index in [-0.39, 0.29) is 0 Å². The van der Waals surface area contributed by atoms with Gasteiger partial charge in [-0.15, -0.1) is 10.2 Å². The van der Waals surface area contributed by atoms with E-state index >= 15 is 0 Å². The summed E-state index contributed by atoms with van der Waals surface area (Å²) in [4.78, 5) is 7.11. The summed E-state index contributed by atoms with van der Waals surface area (Å²) in [5.74, 6) is 4.45. The summed E-state index contributed by atoms with van der Waals surface area (Å²) >= 11 is 0. The number of hydrogen-bond donors (Lipinski definition) is 2. The lowest BCUT2D eigenvalue weighted by molar-refractivity contribution is 0.394. The number of methoxy groups -OCH3 is 2. The number of aryl methyl sites for hydroxylation is 1. The molecule has 9 heteroatoms. The van der Waals surface area contributed by atoms with Crippen molar-refractivity contribution >= 4 is 11.6 Å². The van der Waals surface area contributed by atoms with E-state index in [1.165, 1.54) is 0 Å². The van der Waals surface area contributed by atoms with Gasteiger partial charge in [0.25, 0.3) is 0 Å². The third kappa shape index (κ3) is 4.44.